The van der Waals surface area contributed by atoms with Gasteiger partial charge >= 0.3 is 0 Å². The molecule has 1 aliphatic heterocycles. The number of anilines is 1. The number of rotatable bonds is 3. The number of carbonyl (C=O) groups excluding carboxylic acids is 2. The zero-order valence-corrected chi connectivity index (χ0v) is 18.6. The van der Waals surface area contributed by atoms with Gasteiger partial charge in [0.25, 0.3) is 11.8 Å². The van der Waals surface area contributed by atoms with Gasteiger partial charge in [-0.1, -0.05) is 6.07 Å². The number of ether oxygens (including phenoxy) is 1. The van der Waals surface area contributed by atoms with Crippen molar-refractivity contribution >= 4 is 28.5 Å². The van der Waals surface area contributed by atoms with Gasteiger partial charge in [0.1, 0.15) is 6.61 Å². The standard InChI is InChI=1S/C25H25N5O4/c26-14-16-2-1-3-17(12-16)24(33)28-25-27-21-13-19(29-10-11-34-15-23(29)32)6-9-22(21)30(25)18-4-7-20(31)8-5-18/h1-3,6,9,12-13,18,20,31H,4-5,7-8,10-11,15H2,(H,27,28,33). The van der Waals surface area contributed by atoms with Crippen LogP contribution in [0.2, 0.25) is 0 Å². The van der Waals surface area contributed by atoms with Crippen molar-refractivity contribution in [1.82, 2.24) is 9.55 Å². The Bertz CT molecular complexity index is 1360. The fourth-order valence-corrected chi connectivity index (χ4v) is 4.74. The van der Waals surface area contributed by atoms with Crippen LogP contribution < -0.4 is 10.5 Å². The predicted molar refractivity (Wildman–Crippen MR) is 124 cm³/mol. The molecule has 0 unspecified atom stereocenters. The summed E-state index contributed by atoms with van der Waals surface area (Å²) in [7, 11) is 0. The minimum Gasteiger partial charge on any atom is -0.393 e. The Morgan fingerprint density at radius 3 is 2.76 bits per heavy atom. The fourth-order valence-electron chi connectivity index (χ4n) is 4.74. The minimum absolute atomic E-state index is 0.0595. The molecular formula is C25H25N5O4. The van der Waals surface area contributed by atoms with Gasteiger partial charge in [-0.25, -0.2) is 0 Å². The van der Waals surface area contributed by atoms with Crippen LogP contribution in [0.5, 0.6) is 0 Å². The zero-order chi connectivity index (χ0) is 23.7. The molecule has 1 saturated heterocycles. The van der Waals surface area contributed by atoms with Crippen molar-refractivity contribution in [3.63, 3.8) is 0 Å². The van der Waals surface area contributed by atoms with Gasteiger partial charge in [0.15, 0.2) is 0 Å². The maximum absolute atomic E-state index is 13.0. The normalized spacial score (nSPS) is 21.6. The molecule has 9 nitrogen and oxygen atoms in total. The van der Waals surface area contributed by atoms with Gasteiger partial charge in [-0.15, -0.1) is 0 Å². The van der Waals surface area contributed by atoms with Crippen LogP contribution >= 0.6 is 0 Å². The first-order valence-electron chi connectivity index (χ1n) is 11.4. The van der Waals surface area contributed by atoms with E-state index in [1.54, 1.807) is 23.1 Å². The summed E-state index contributed by atoms with van der Waals surface area (Å²) in [5, 5.41) is 19.1. The molecule has 5 rings (SSSR count). The second-order valence-corrected chi connectivity index (χ2v) is 8.69. The monoisotopic (exact) mass is 459 g/mol. The number of nitriles is 1. The van der Waals surface area contributed by atoms with Crippen molar-refractivity contribution in [2.45, 2.75) is 37.8 Å². The van der Waals surface area contributed by atoms with Crippen LogP contribution in [0.3, 0.4) is 0 Å². The highest BCUT2D eigenvalue weighted by atomic mass is 16.5. The molecule has 0 radical (unpaired) electrons. The van der Waals surface area contributed by atoms with Gasteiger partial charge in [-0.2, -0.15) is 10.3 Å². The minimum atomic E-state index is -0.447. The van der Waals surface area contributed by atoms with Crippen LogP contribution in [-0.2, 0) is 9.53 Å². The highest BCUT2D eigenvalue weighted by molar-refractivity contribution is 5.97. The average Bonchev–Trinajstić information content (AvgIpc) is 3.21. The van der Waals surface area contributed by atoms with E-state index >= 15 is 0 Å². The molecule has 1 aliphatic carbocycles. The van der Waals surface area contributed by atoms with E-state index in [1.807, 2.05) is 28.8 Å². The molecule has 2 heterocycles. The number of aliphatic hydroxyl groups excluding tert-OH is 1. The van der Waals surface area contributed by atoms with E-state index in [-0.39, 0.29) is 24.7 Å². The Labute approximate surface area is 195 Å². The fraction of sp³-hybridized carbons (Fsp3) is 0.360. The number of H-pyrrole nitrogens is 1. The van der Waals surface area contributed by atoms with Crippen molar-refractivity contribution in [3.05, 3.63) is 59.2 Å². The van der Waals surface area contributed by atoms with E-state index in [9.17, 15) is 14.7 Å². The molecular weight excluding hydrogens is 434 g/mol. The number of hydrogen-bond acceptors (Lipinski definition) is 5. The molecule has 0 spiro atoms. The smallest absolute Gasteiger partial charge is 0.280 e. The van der Waals surface area contributed by atoms with Crippen molar-refractivity contribution < 1.29 is 19.4 Å². The number of benzene rings is 2. The third kappa shape index (κ3) is 4.25. The number of aliphatic hydroxyl groups is 1. The van der Waals surface area contributed by atoms with E-state index in [1.165, 1.54) is 6.07 Å². The van der Waals surface area contributed by atoms with Gasteiger partial charge < -0.3 is 24.3 Å². The molecule has 0 bridgehead atoms. The van der Waals surface area contributed by atoms with Gasteiger partial charge in [-0.05, 0) is 62.1 Å². The summed E-state index contributed by atoms with van der Waals surface area (Å²) >= 11 is 0. The number of carbonyl (C=O) groups is 2. The van der Waals surface area contributed by atoms with Crippen LogP contribution in [0.15, 0.2) is 47.5 Å². The number of nitrogens with zero attached hydrogens (tertiary/aromatic N) is 4. The Morgan fingerprint density at radius 2 is 2.00 bits per heavy atom. The summed E-state index contributed by atoms with van der Waals surface area (Å²) in [6.45, 7) is 1.02. The van der Waals surface area contributed by atoms with Gasteiger partial charge in [0.2, 0.25) is 5.62 Å². The molecule has 1 aromatic heterocycles. The summed E-state index contributed by atoms with van der Waals surface area (Å²) < 4.78 is 7.26. The van der Waals surface area contributed by atoms with Crippen LogP contribution in [0.4, 0.5) is 5.69 Å². The van der Waals surface area contributed by atoms with Gasteiger partial charge in [-0.3, -0.25) is 9.59 Å². The molecule has 2 amide bonds. The van der Waals surface area contributed by atoms with Crippen LogP contribution in [0, 0.1) is 11.3 Å². The Morgan fingerprint density at radius 1 is 1.18 bits per heavy atom. The highest BCUT2D eigenvalue weighted by Crippen LogP contribution is 2.31. The van der Waals surface area contributed by atoms with E-state index in [4.69, 9.17) is 10.00 Å². The number of aromatic nitrogens is 2. The SMILES string of the molecule is N#Cc1cccc(C(=O)/N=c2\[nH]c3cc(N4CCOCC4=O)ccc3n2C2CCC(O)CC2)c1. The molecule has 3 aromatic rings. The largest absolute Gasteiger partial charge is 0.393 e. The van der Waals surface area contributed by atoms with Crippen molar-refractivity contribution in [2.75, 3.05) is 24.7 Å². The van der Waals surface area contributed by atoms with Crippen LogP contribution in [0.25, 0.3) is 11.0 Å². The van der Waals surface area contributed by atoms with E-state index < -0.39 is 5.91 Å². The van der Waals surface area contributed by atoms with Gasteiger partial charge in [0.05, 0.1) is 35.4 Å². The Balaban J connectivity index is 1.60. The lowest BCUT2D eigenvalue weighted by atomic mass is 9.93. The Hall–Kier alpha value is -3.74. The van der Waals surface area contributed by atoms with E-state index in [2.05, 4.69) is 9.98 Å². The maximum Gasteiger partial charge on any atom is 0.280 e. The lowest BCUT2D eigenvalue weighted by Crippen LogP contribution is -2.41. The first-order valence-corrected chi connectivity index (χ1v) is 11.4. The summed E-state index contributed by atoms with van der Waals surface area (Å²) in [5.74, 6) is -0.541. The van der Waals surface area contributed by atoms with Crippen molar-refractivity contribution in [3.8, 4) is 6.07 Å². The first-order chi connectivity index (χ1) is 16.5. The Kier molecular flexibility index (Phi) is 6.01. The highest BCUT2D eigenvalue weighted by Gasteiger charge is 2.25. The number of morpholine rings is 1. The summed E-state index contributed by atoms with van der Waals surface area (Å²) in [6.07, 6.45) is 2.59. The van der Waals surface area contributed by atoms with Crippen molar-refractivity contribution in [1.29, 1.82) is 5.26 Å². The lowest BCUT2D eigenvalue weighted by Gasteiger charge is -2.28. The topological polar surface area (TPSA) is 124 Å². The van der Waals surface area contributed by atoms with Crippen LogP contribution in [-0.4, -0.2) is 52.3 Å². The average molecular weight is 460 g/mol. The molecule has 34 heavy (non-hydrogen) atoms. The van der Waals surface area contributed by atoms with Crippen molar-refractivity contribution in [2.24, 2.45) is 4.99 Å². The number of amides is 2. The van der Waals surface area contributed by atoms with E-state index in [0.717, 1.165) is 29.6 Å². The number of fused-ring (bicyclic) bond motifs is 1. The summed E-state index contributed by atoms with van der Waals surface area (Å²) in [4.78, 5) is 34.7. The second-order valence-electron chi connectivity index (χ2n) is 8.69. The third-order valence-electron chi connectivity index (χ3n) is 6.49. The van der Waals surface area contributed by atoms with Crippen LogP contribution in [0.1, 0.15) is 47.6 Å². The number of hydrogen-bond donors (Lipinski definition) is 2. The molecule has 2 aromatic carbocycles. The quantitative estimate of drug-likeness (QED) is 0.623. The molecule has 2 aliphatic rings. The second kappa shape index (κ2) is 9.25. The number of aromatic amines is 1. The first kappa shape index (κ1) is 22.1. The maximum atomic E-state index is 13.0. The zero-order valence-electron chi connectivity index (χ0n) is 18.6. The predicted octanol–water partition coefficient (Wildman–Crippen LogP) is 2.42. The molecule has 9 heteroatoms. The molecule has 2 N–H and O–H groups in total. The van der Waals surface area contributed by atoms with E-state index in [0.29, 0.717) is 42.7 Å². The third-order valence-corrected chi connectivity index (χ3v) is 6.49. The molecule has 174 valence electrons. The summed E-state index contributed by atoms with van der Waals surface area (Å²) in [6, 6.07) is 14.3. The molecule has 2 fully saturated rings. The molecule has 1 saturated carbocycles. The number of imidazole rings is 1. The van der Waals surface area contributed by atoms with Gasteiger partial charge in [0, 0.05) is 23.8 Å². The lowest BCUT2D eigenvalue weighted by molar-refractivity contribution is -0.125. The number of nitrogens with one attached hydrogen (secondary N) is 1. The summed E-state index contributed by atoms with van der Waals surface area (Å²) in [5.41, 5.74) is 3.54. The molecule has 0 atom stereocenters.